The number of nitrogens with zero attached hydrogens (tertiary/aromatic N) is 1. The molecule has 3 rings (SSSR count). The average molecular weight is 299 g/mol. The Morgan fingerprint density at radius 2 is 1.86 bits per heavy atom. The molecule has 3 nitrogen and oxygen atoms in total. The van der Waals surface area contributed by atoms with E-state index in [4.69, 9.17) is 4.74 Å². The van der Waals surface area contributed by atoms with Crippen LogP contribution in [0.4, 0.5) is 4.79 Å². The Morgan fingerprint density at radius 3 is 2.55 bits per heavy atom. The zero-order chi connectivity index (χ0) is 15.7. The predicted molar refractivity (Wildman–Crippen MR) is 89.4 cm³/mol. The van der Waals surface area contributed by atoms with Crippen LogP contribution in [0.1, 0.15) is 64.4 Å². The first-order chi connectivity index (χ1) is 10.4. The molecule has 0 amide bonds. The van der Waals surface area contributed by atoms with Crippen LogP contribution in [-0.2, 0) is 4.74 Å². The number of aromatic nitrogens is 1. The van der Waals surface area contributed by atoms with Crippen LogP contribution in [0.5, 0.6) is 0 Å². The Bertz CT molecular complexity index is 672. The van der Waals surface area contributed by atoms with E-state index < -0.39 is 5.60 Å². The van der Waals surface area contributed by atoms with Crippen LogP contribution in [0.25, 0.3) is 10.9 Å². The van der Waals surface area contributed by atoms with Crippen molar-refractivity contribution in [2.75, 3.05) is 0 Å². The lowest BCUT2D eigenvalue weighted by molar-refractivity contribution is 0.0544. The van der Waals surface area contributed by atoms with Crippen LogP contribution in [0.2, 0.25) is 0 Å². The number of benzene rings is 1. The van der Waals surface area contributed by atoms with Crippen molar-refractivity contribution in [3.8, 4) is 0 Å². The van der Waals surface area contributed by atoms with Crippen LogP contribution >= 0.6 is 0 Å². The summed E-state index contributed by atoms with van der Waals surface area (Å²) in [5.74, 6) is 0.683. The highest BCUT2D eigenvalue weighted by Gasteiger charge is 2.20. The van der Waals surface area contributed by atoms with Crippen LogP contribution in [0.15, 0.2) is 30.5 Å². The molecule has 1 heterocycles. The summed E-state index contributed by atoms with van der Waals surface area (Å²) in [6.07, 6.45) is 8.12. The van der Waals surface area contributed by atoms with Crippen molar-refractivity contribution in [1.29, 1.82) is 0 Å². The van der Waals surface area contributed by atoms with E-state index in [1.54, 1.807) is 4.57 Å². The predicted octanol–water partition coefficient (Wildman–Crippen LogP) is 5.47. The minimum atomic E-state index is -0.476. The fraction of sp³-hybridized carbons (Fsp3) is 0.526. The molecule has 1 aromatic heterocycles. The molecule has 1 saturated carbocycles. The smallest absolute Gasteiger partial charge is 0.418 e. The number of rotatable bonds is 1. The van der Waals surface area contributed by atoms with E-state index in [9.17, 15) is 4.79 Å². The molecule has 22 heavy (non-hydrogen) atoms. The Balaban J connectivity index is 1.87. The lowest BCUT2D eigenvalue weighted by Gasteiger charge is -2.22. The number of hydrogen-bond donors (Lipinski definition) is 0. The maximum atomic E-state index is 12.3. The molecule has 118 valence electrons. The number of carbonyl (C=O) groups excluding carboxylic acids is 1. The second-order valence-corrected chi connectivity index (χ2v) is 7.32. The highest BCUT2D eigenvalue weighted by molar-refractivity contribution is 5.90. The van der Waals surface area contributed by atoms with Gasteiger partial charge in [0.15, 0.2) is 0 Å². The molecular weight excluding hydrogens is 274 g/mol. The topological polar surface area (TPSA) is 31.2 Å². The van der Waals surface area contributed by atoms with E-state index >= 15 is 0 Å². The minimum Gasteiger partial charge on any atom is -0.443 e. The van der Waals surface area contributed by atoms with Crippen molar-refractivity contribution in [1.82, 2.24) is 4.57 Å². The Hall–Kier alpha value is -1.77. The fourth-order valence-corrected chi connectivity index (χ4v) is 3.32. The average Bonchev–Trinajstić information content (AvgIpc) is 2.89. The SMILES string of the molecule is CC(C)(C)OC(=O)n1ccc2cc(C3CCCCC3)ccc21. The van der Waals surface area contributed by atoms with Gasteiger partial charge in [-0.1, -0.05) is 25.3 Å². The summed E-state index contributed by atoms with van der Waals surface area (Å²) in [5, 5.41) is 1.12. The zero-order valence-corrected chi connectivity index (χ0v) is 13.8. The van der Waals surface area contributed by atoms with Crippen molar-refractivity contribution in [3.63, 3.8) is 0 Å². The molecule has 0 bridgehead atoms. The summed E-state index contributed by atoms with van der Waals surface area (Å²) in [6, 6.07) is 8.49. The van der Waals surface area contributed by atoms with E-state index in [1.807, 2.05) is 33.0 Å². The zero-order valence-electron chi connectivity index (χ0n) is 13.8. The standard InChI is InChI=1S/C19H25NO2/c1-19(2,3)22-18(21)20-12-11-16-13-15(9-10-17(16)20)14-7-5-4-6-8-14/h9-14H,4-8H2,1-3H3. The van der Waals surface area contributed by atoms with Gasteiger partial charge in [0.05, 0.1) is 5.52 Å². The van der Waals surface area contributed by atoms with Crippen LogP contribution in [0.3, 0.4) is 0 Å². The molecule has 2 aromatic rings. The highest BCUT2D eigenvalue weighted by atomic mass is 16.6. The van der Waals surface area contributed by atoms with Gasteiger partial charge in [-0.25, -0.2) is 4.79 Å². The molecule has 1 aliphatic carbocycles. The first-order valence-corrected chi connectivity index (χ1v) is 8.28. The number of hydrogen-bond acceptors (Lipinski definition) is 2. The fourth-order valence-electron chi connectivity index (χ4n) is 3.32. The normalized spacial score (nSPS) is 16.9. The van der Waals surface area contributed by atoms with Crippen LogP contribution in [-0.4, -0.2) is 16.3 Å². The van der Waals surface area contributed by atoms with E-state index in [-0.39, 0.29) is 6.09 Å². The Labute approximate surface area is 132 Å². The van der Waals surface area contributed by atoms with Crippen LogP contribution < -0.4 is 0 Å². The quantitative estimate of drug-likeness (QED) is 0.699. The van der Waals surface area contributed by atoms with Gasteiger partial charge < -0.3 is 4.74 Å². The van der Waals surface area contributed by atoms with E-state index in [0.29, 0.717) is 5.92 Å². The van der Waals surface area contributed by atoms with E-state index in [0.717, 1.165) is 10.9 Å². The molecule has 0 radical (unpaired) electrons. The molecule has 0 atom stereocenters. The molecular formula is C19H25NO2. The second kappa shape index (κ2) is 5.79. The van der Waals surface area contributed by atoms with Gasteiger partial charge in [-0.15, -0.1) is 0 Å². The Kier molecular flexibility index (Phi) is 3.98. The highest BCUT2D eigenvalue weighted by Crippen LogP contribution is 2.34. The van der Waals surface area contributed by atoms with Gasteiger partial charge in [-0.2, -0.15) is 0 Å². The van der Waals surface area contributed by atoms with Gasteiger partial charge in [0.2, 0.25) is 0 Å². The van der Waals surface area contributed by atoms with Gasteiger partial charge in [-0.05, 0) is 63.3 Å². The van der Waals surface area contributed by atoms with Gasteiger partial charge in [0.25, 0.3) is 0 Å². The third-order valence-corrected chi connectivity index (χ3v) is 4.38. The largest absolute Gasteiger partial charge is 0.443 e. The van der Waals surface area contributed by atoms with E-state index in [2.05, 4.69) is 18.2 Å². The molecule has 0 unspecified atom stereocenters. The molecule has 0 saturated heterocycles. The van der Waals surface area contributed by atoms with Crippen molar-refractivity contribution >= 4 is 17.0 Å². The van der Waals surface area contributed by atoms with Crippen molar-refractivity contribution < 1.29 is 9.53 Å². The van der Waals surface area contributed by atoms with Crippen LogP contribution in [0, 0.1) is 0 Å². The summed E-state index contributed by atoms with van der Waals surface area (Å²) in [7, 11) is 0. The summed E-state index contributed by atoms with van der Waals surface area (Å²) in [4.78, 5) is 12.3. The van der Waals surface area contributed by atoms with Gasteiger partial charge >= 0.3 is 6.09 Å². The third-order valence-electron chi connectivity index (χ3n) is 4.38. The Morgan fingerprint density at radius 1 is 1.14 bits per heavy atom. The maximum absolute atomic E-state index is 12.3. The van der Waals surface area contributed by atoms with Crippen molar-refractivity contribution in [2.24, 2.45) is 0 Å². The first-order valence-electron chi connectivity index (χ1n) is 8.28. The van der Waals surface area contributed by atoms with Gasteiger partial charge in [0.1, 0.15) is 5.60 Å². The number of carbonyl (C=O) groups is 1. The molecule has 1 aromatic carbocycles. The monoisotopic (exact) mass is 299 g/mol. The maximum Gasteiger partial charge on any atom is 0.418 e. The lowest BCUT2D eigenvalue weighted by atomic mass is 9.84. The summed E-state index contributed by atoms with van der Waals surface area (Å²) >= 11 is 0. The molecule has 1 aliphatic rings. The third kappa shape index (κ3) is 3.18. The molecule has 0 N–H and O–H groups in total. The lowest BCUT2D eigenvalue weighted by Crippen LogP contribution is -2.26. The first kappa shape index (κ1) is 15.1. The number of ether oxygens (including phenoxy) is 1. The number of fused-ring (bicyclic) bond motifs is 1. The van der Waals surface area contributed by atoms with Gasteiger partial charge in [-0.3, -0.25) is 4.57 Å². The summed E-state index contributed by atoms with van der Waals surface area (Å²) in [6.45, 7) is 5.66. The van der Waals surface area contributed by atoms with Crippen molar-refractivity contribution in [2.45, 2.75) is 64.4 Å². The van der Waals surface area contributed by atoms with Gasteiger partial charge in [0, 0.05) is 11.6 Å². The second-order valence-electron chi connectivity index (χ2n) is 7.32. The summed E-state index contributed by atoms with van der Waals surface area (Å²) in [5.41, 5.74) is 1.86. The molecule has 0 spiro atoms. The molecule has 0 aliphatic heterocycles. The summed E-state index contributed by atoms with van der Waals surface area (Å²) < 4.78 is 7.06. The minimum absolute atomic E-state index is 0.312. The molecule has 3 heteroatoms. The van der Waals surface area contributed by atoms with E-state index in [1.165, 1.54) is 37.7 Å². The van der Waals surface area contributed by atoms with Crippen molar-refractivity contribution in [3.05, 3.63) is 36.0 Å². The molecule has 1 fully saturated rings.